The van der Waals surface area contributed by atoms with Gasteiger partial charge in [-0.15, -0.1) is 0 Å². The second-order valence-electron chi connectivity index (χ2n) is 4.99. The number of halogens is 1. The highest BCUT2D eigenvalue weighted by Crippen LogP contribution is 2.31. The van der Waals surface area contributed by atoms with Gasteiger partial charge in [-0.05, 0) is 30.3 Å². The molecule has 0 aliphatic carbocycles. The Morgan fingerprint density at radius 1 is 1.05 bits per heavy atom. The molecule has 0 saturated heterocycles. The van der Waals surface area contributed by atoms with Crippen LogP contribution in [0.2, 0.25) is 5.02 Å². The van der Waals surface area contributed by atoms with Crippen molar-refractivity contribution in [2.75, 3.05) is 0 Å². The lowest BCUT2D eigenvalue weighted by Crippen LogP contribution is -2.02. The SMILES string of the molecule is O=C(c1cccnc1)c1cc(Cl)cc2c1[nH]c1cnccc12. The molecule has 5 heteroatoms. The summed E-state index contributed by atoms with van der Waals surface area (Å²) in [7, 11) is 0. The molecule has 0 fully saturated rings. The van der Waals surface area contributed by atoms with E-state index < -0.39 is 0 Å². The van der Waals surface area contributed by atoms with Crippen LogP contribution in [0.5, 0.6) is 0 Å². The standard InChI is InChI=1S/C17H10ClN3O/c18-11-6-13-12-3-5-20-9-15(12)21-16(13)14(7-11)17(22)10-2-1-4-19-8-10/h1-9,21H. The van der Waals surface area contributed by atoms with Crippen molar-refractivity contribution in [3.63, 3.8) is 0 Å². The van der Waals surface area contributed by atoms with E-state index in [-0.39, 0.29) is 5.78 Å². The molecule has 0 bridgehead atoms. The van der Waals surface area contributed by atoms with Gasteiger partial charge in [0.25, 0.3) is 0 Å². The van der Waals surface area contributed by atoms with Crippen molar-refractivity contribution >= 4 is 39.2 Å². The first-order valence-electron chi connectivity index (χ1n) is 6.74. The van der Waals surface area contributed by atoms with Crippen LogP contribution in [0.1, 0.15) is 15.9 Å². The third-order valence-electron chi connectivity index (χ3n) is 3.64. The van der Waals surface area contributed by atoms with Gasteiger partial charge in [-0.3, -0.25) is 14.8 Å². The molecule has 1 N–H and O–H groups in total. The van der Waals surface area contributed by atoms with Gasteiger partial charge in [0.15, 0.2) is 5.78 Å². The van der Waals surface area contributed by atoms with E-state index in [0.29, 0.717) is 16.1 Å². The highest BCUT2D eigenvalue weighted by Gasteiger charge is 2.17. The molecule has 3 heterocycles. The van der Waals surface area contributed by atoms with Crippen LogP contribution in [0.15, 0.2) is 55.1 Å². The Labute approximate surface area is 130 Å². The molecule has 0 amide bonds. The maximum absolute atomic E-state index is 12.8. The smallest absolute Gasteiger partial charge is 0.196 e. The molecular weight excluding hydrogens is 298 g/mol. The van der Waals surface area contributed by atoms with Crippen LogP contribution in [0.3, 0.4) is 0 Å². The minimum atomic E-state index is -0.111. The molecule has 1 aromatic carbocycles. The van der Waals surface area contributed by atoms with Gasteiger partial charge in [-0.25, -0.2) is 0 Å². The Bertz CT molecular complexity index is 1010. The average Bonchev–Trinajstić information content (AvgIpc) is 2.93. The second-order valence-corrected chi connectivity index (χ2v) is 5.43. The molecule has 0 saturated carbocycles. The van der Waals surface area contributed by atoms with E-state index in [4.69, 9.17) is 11.6 Å². The maximum Gasteiger partial charge on any atom is 0.196 e. The Balaban J connectivity index is 2.03. The molecule has 3 aromatic heterocycles. The van der Waals surface area contributed by atoms with Crippen molar-refractivity contribution in [3.05, 3.63) is 71.3 Å². The topological polar surface area (TPSA) is 58.6 Å². The summed E-state index contributed by atoms with van der Waals surface area (Å²) in [6.45, 7) is 0. The molecule has 0 aliphatic heterocycles. The predicted molar refractivity (Wildman–Crippen MR) is 86.3 cm³/mol. The third-order valence-corrected chi connectivity index (χ3v) is 3.86. The number of aromatic nitrogens is 3. The molecule has 4 nitrogen and oxygen atoms in total. The van der Waals surface area contributed by atoms with Crippen LogP contribution in [-0.4, -0.2) is 20.7 Å². The van der Waals surface area contributed by atoms with Crippen LogP contribution < -0.4 is 0 Å². The third kappa shape index (κ3) is 1.96. The molecule has 106 valence electrons. The van der Waals surface area contributed by atoms with Gasteiger partial charge >= 0.3 is 0 Å². The van der Waals surface area contributed by atoms with Gasteiger partial charge in [0.1, 0.15) is 0 Å². The summed E-state index contributed by atoms with van der Waals surface area (Å²) >= 11 is 6.22. The molecule has 4 aromatic rings. The normalized spacial score (nSPS) is 11.1. The molecule has 0 unspecified atom stereocenters. The van der Waals surface area contributed by atoms with Crippen molar-refractivity contribution in [1.29, 1.82) is 0 Å². The lowest BCUT2D eigenvalue weighted by Gasteiger charge is -2.04. The van der Waals surface area contributed by atoms with Crippen molar-refractivity contribution in [2.24, 2.45) is 0 Å². The summed E-state index contributed by atoms with van der Waals surface area (Å²) in [6.07, 6.45) is 6.65. The Hall–Kier alpha value is -2.72. The van der Waals surface area contributed by atoms with Crippen LogP contribution in [0.25, 0.3) is 21.8 Å². The summed E-state index contributed by atoms with van der Waals surface area (Å²) in [5, 5.41) is 2.43. The summed E-state index contributed by atoms with van der Waals surface area (Å²) in [5.41, 5.74) is 2.70. The zero-order valence-electron chi connectivity index (χ0n) is 11.4. The molecule has 22 heavy (non-hydrogen) atoms. The predicted octanol–water partition coefficient (Wildman–Crippen LogP) is 4.00. The highest BCUT2D eigenvalue weighted by molar-refractivity contribution is 6.33. The minimum Gasteiger partial charge on any atom is -0.353 e. The van der Waals surface area contributed by atoms with Crippen molar-refractivity contribution < 1.29 is 4.79 Å². The Morgan fingerprint density at radius 3 is 2.73 bits per heavy atom. The van der Waals surface area contributed by atoms with Gasteiger partial charge in [-0.2, -0.15) is 0 Å². The first kappa shape index (κ1) is 13.0. The number of H-pyrrole nitrogens is 1. The van der Waals surface area contributed by atoms with Crippen LogP contribution in [0.4, 0.5) is 0 Å². The maximum atomic E-state index is 12.8. The first-order valence-corrected chi connectivity index (χ1v) is 7.11. The number of hydrogen-bond donors (Lipinski definition) is 1. The molecule has 0 aliphatic rings. The largest absolute Gasteiger partial charge is 0.353 e. The van der Waals surface area contributed by atoms with Crippen LogP contribution in [0, 0.1) is 0 Å². The minimum absolute atomic E-state index is 0.111. The number of ketones is 1. The number of carbonyl (C=O) groups excluding carboxylic acids is 1. The van der Waals surface area contributed by atoms with Gasteiger partial charge in [0.05, 0.1) is 17.2 Å². The fourth-order valence-electron chi connectivity index (χ4n) is 2.65. The second kappa shape index (κ2) is 4.93. The van der Waals surface area contributed by atoms with Gasteiger partial charge in [-0.1, -0.05) is 11.6 Å². The van der Waals surface area contributed by atoms with Crippen LogP contribution in [-0.2, 0) is 0 Å². The molecule has 4 rings (SSSR count). The number of carbonyl (C=O) groups is 1. The number of rotatable bonds is 2. The fourth-order valence-corrected chi connectivity index (χ4v) is 2.87. The van der Waals surface area contributed by atoms with E-state index in [9.17, 15) is 4.79 Å². The number of aromatic amines is 1. The monoisotopic (exact) mass is 307 g/mol. The lowest BCUT2D eigenvalue weighted by atomic mass is 10.0. The summed E-state index contributed by atoms with van der Waals surface area (Å²) in [4.78, 5) is 24.1. The summed E-state index contributed by atoms with van der Waals surface area (Å²) < 4.78 is 0. The molecular formula is C17H10ClN3O. The quantitative estimate of drug-likeness (QED) is 0.569. The van der Waals surface area contributed by atoms with Crippen molar-refractivity contribution in [3.8, 4) is 0 Å². The fraction of sp³-hybridized carbons (Fsp3) is 0. The van der Waals surface area contributed by atoms with Gasteiger partial charge in [0, 0.05) is 45.5 Å². The summed E-state index contributed by atoms with van der Waals surface area (Å²) in [5.74, 6) is -0.111. The number of fused-ring (bicyclic) bond motifs is 3. The Morgan fingerprint density at radius 2 is 1.91 bits per heavy atom. The van der Waals surface area contributed by atoms with Crippen LogP contribution >= 0.6 is 11.6 Å². The zero-order valence-corrected chi connectivity index (χ0v) is 12.1. The first-order chi connectivity index (χ1) is 10.7. The number of pyridine rings is 2. The highest BCUT2D eigenvalue weighted by atomic mass is 35.5. The average molecular weight is 308 g/mol. The van der Waals surface area contributed by atoms with E-state index in [2.05, 4.69) is 15.0 Å². The van der Waals surface area contributed by atoms with E-state index in [1.54, 1.807) is 43.0 Å². The van der Waals surface area contributed by atoms with E-state index in [1.165, 1.54) is 0 Å². The van der Waals surface area contributed by atoms with Crippen molar-refractivity contribution in [2.45, 2.75) is 0 Å². The van der Waals surface area contributed by atoms with E-state index >= 15 is 0 Å². The van der Waals surface area contributed by atoms with E-state index in [0.717, 1.165) is 21.8 Å². The molecule has 0 spiro atoms. The molecule has 0 atom stereocenters. The zero-order chi connectivity index (χ0) is 15.1. The number of benzene rings is 1. The summed E-state index contributed by atoms with van der Waals surface area (Å²) in [6, 6.07) is 8.93. The molecule has 0 radical (unpaired) electrons. The number of nitrogens with zero attached hydrogens (tertiary/aromatic N) is 2. The van der Waals surface area contributed by atoms with E-state index in [1.807, 2.05) is 12.1 Å². The van der Waals surface area contributed by atoms with Crippen molar-refractivity contribution in [1.82, 2.24) is 15.0 Å². The van der Waals surface area contributed by atoms with Gasteiger partial charge in [0.2, 0.25) is 0 Å². The number of hydrogen-bond acceptors (Lipinski definition) is 3. The Kier molecular flexibility index (Phi) is 2.91. The van der Waals surface area contributed by atoms with Gasteiger partial charge < -0.3 is 4.98 Å². The lowest BCUT2D eigenvalue weighted by molar-refractivity contribution is 0.104. The number of nitrogens with one attached hydrogen (secondary N) is 1.